The fraction of sp³-hybridized carbons (Fsp3) is 0.625. The number of carboxylic acids is 1. The third-order valence-electron chi connectivity index (χ3n) is 3.18. The lowest BCUT2D eigenvalue weighted by molar-refractivity contribution is 0.0696. The van der Waals surface area contributed by atoms with Crippen LogP contribution >= 0.6 is 0 Å². The summed E-state index contributed by atoms with van der Waals surface area (Å²) in [5.74, 6) is 0.304. The van der Waals surface area contributed by atoms with E-state index in [2.05, 4.69) is 29.0 Å². The van der Waals surface area contributed by atoms with E-state index in [0.717, 1.165) is 25.1 Å². The summed E-state index contributed by atoms with van der Waals surface area (Å²) >= 11 is 0. The monoisotopic (exact) mass is 293 g/mol. The maximum Gasteiger partial charge on any atom is 0.335 e. The smallest absolute Gasteiger partial charge is 0.335 e. The zero-order valence-electron chi connectivity index (χ0n) is 13.7. The molecule has 1 rings (SSSR count). The van der Waals surface area contributed by atoms with Crippen molar-refractivity contribution in [3.05, 3.63) is 23.4 Å². The van der Waals surface area contributed by atoms with Crippen molar-refractivity contribution in [2.45, 2.75) is 39.7 Å². The van der Waals surface area contributed by atoms with Gasteiger partial charge in [-0.2, -0.15) is 0 Å². The molecular formula is C16H27N3O2. The number of nitrogens with zero attached hydrogens (tertiary/aromatic N) is 2. The molecular weight excluding hydrogens is 266 g/mol. The fourth-order valence-electron chi connectivity index (χ4n) is 2.36. The summed E-state index contributed by atoms with van der Waals surface area (Å²) in [5, 5.41) is 12.6. The first kappa shape index (κ1) is 17.4. The van der Waals surface area contributed by atoms with Crippen molar-refractivity contribution >= 4 is 11.8 Å². The summed E-state index contributed by atoms with van der Waals surface area (Å²) in [5.41, 5.74) is 1.09. The van der Waals surface area contributed by atoms with Gasteiger partial charge in [0.05, 0.1) is 5.56 Å². The molecule has 0 spiro atoms. The van der Waals surface area contributed by atoms with Gasteiger partial charge in [-0.3, -0.25) is 0 Å². The summed E-state index contributed by atoms with van der Waals surface area (Å²) in [6.07, 6.45) is 1.73. The predicted molar refractivity (Wildman–Crippen MR) is 86.0 cm³/mol. The lowest BCUT2D eigenvalue weighted by atomic mass is 10.0. The SMILES string of the molecule is CCc1cc(C(=O)O)cc(NC(CC(C)C)CN(C)C)n1. The van der Waals surface area contributed by atoms with Gasteiger partial charge in [-0.1, -0.05) is 20.8 Å². The van der Waals surface area contributed by atoms with E-state index in [1.54, 1.807) is 12.1 Å². The van der Waals surface area contributed by atoms with Crippen LogP contribution in [0.1, 0.15) is 43.2 Å². The molecule has 2 N–H and O–H groups in total. The second kappa shape index (κ2) is 7.98. The average Bonchev–Trinajstić information content (AvgIpc) is 2.36. The van der Waals surface area contributed by atoms with Gasteiger partial charge in [-0.05, 0) is 45.0 Å². The fourth-order valence-corrected chi connectivity index (χ4v) is 2.36. The van der Waals surface area contributed by atoms with E-state index in [9.17, 15) is 9.90 Å². The third kappa shape index (κ3) is 6.12. The number of hydrogen-bond acceptors (Lipinski definition) is 4. The molecule has 5 heteroatoms. The van der Waals surface area contributed by atoms with Gasteiger partial charge >= 0.3 is 5.97 Å². The quantitative estimate of drug-likeness (QED) is 0.771. The summed E-state index contributed by atoms with van der Waals surface area (Å²) in [6, 6.07) is 3.50. The molecule has 0 aliphatic rings. The van der Waals surface area contributed by atoms with Gasteiger partial charge < -0.3 is 15.3 Å². The molecule has 1 aromatic heterocycles. The Labute approximate surface area is 127 Å². The van der Waals surface area contributed by atoms with E-state index in [-0.39, 0.29) is 11.6 Å². The number of aromatic nitrogens is 1. The summed E-state index contributed by atoms with van der Waals surface area (Å²) < 4.78 is 0. The summed E-state index contributed by atoms with van der Waals surface area (Å²) in [7, 11) is 4.07. The summed E-state index contributed by atoms with van der Waals surface area (Å²) in [6.45, 7) is 7.23. The molecule has 0 radical (unpaired) electrons. The van der Waals surface area contributed by atoms with Crippen LogP contribution in [0.2, 0.25) is 0 Å². The van der Waals surface area contributed by atoms with E-state index in [1.165, 1.54) is 0 Å². The highest BCUT2D eigenvalue weighted by atomic mass is 16.4. The van der Waals surface area contributed by atoms with Gasteiger partial charge in [0, 0.05) is 18.3 Å². The van der Waals surface area contributed by atoms with E-state index < -0.39 is 5.97 Å². The molecule has 1 heterocycles. The number of anilines is 1. The highest BCUT2D eigenvalue weighted by Crippen LogP contribution is 2.15. The van der Waals surface area contributed by atoms with E-state index >= 15 is 0 Å². The Morgan fingerprint density at radius 3 is 2.52 bits per heavy atom. The number of aromatic carboxylic acids is 1. The van der Waals surface area contributed by atoms with Crippen molar-refractivity contribution in [1.29, 1.82) is 0 Å². The number of carboxylic acid groups (broad SMARTS) is 1. The van der Waals surface area contributed by atoms with Crippen LogP contribution in [0.5, 0.6) is 0 Å². The Balaban J connectivity index is 2.95. The van der Waals surface area contributed by atoms with Crippen molar-refractivity contribution in [1.82, 2.24) is 9.88 Å². The molecule has 1 aromatic rings. The Morgan fingerprint density at radius 1 is 1.38 bits per heavy atom. The molecule has 21 heavy (non-hydrogen) atoms. The zero-order valence-corrected chi connectivity index (χ0v) is 13.7. The van der Waals surface area contributed by atoms with Crippen LogP contribution in [0.25, 0.3) is 0 Å². The highest BCUT2D eigenvalue weighted by Gasteiger charge is 2.14. The van der Waals surface area contributed by atoms with Crippen LogP contribution in [-0.4, -0.2) is 47.6 Å². The van der Waals surface area contributed by atoms with Gasteiger partial charge in [0.25, 0.3) is 0 Å². The Kier molecular flexibility index (Phi) is 6.62. The zero-order chi connectivity index (χ0) is 16.0. The summed E-state index contributed by atoms with van der Waals surface area (Å²) in [4.78, 5) is 17.8. The third-order valence-corrected chi connectivity index (χ3v) is 3.18. The predicted octanol–water partition coefficient (Wildman–Crippen LogP) is 2.73. The Bertz CT molecular complexity index is 463. The molecule has 0 saturated carbocycles. The van der Waals surface area contributed by atoms with E-state index in [0.29, 0.717) is 11.7 Å². The molecule has 0 aliphatic heterocycles. The van der Waals surface area contributed by atoms with Gasteiger partial charge in [-0.15, -0.1) is 0 Å². The molecule has 5 nitrogen and oxygen atoms in total. The molecule has 0 amide bonds. The van der Waals surface area contributed by atoms with Crippen molar-refractivity contribution in [3.63, 3.8) is 0 Å². The number of rotatable bonds is 8. The first-order valence-corrected chi connectivity index (χ1v) is 7.47. The number of carbonyl (C=O) groups is 1. The van der Waals surface area contributed by atoms with E-state index in [4.69, 9.17) is 0 Å². The lowest BCUT2D eigenvalue weighted by Gasteiger charge is -2.24. The topological polar surface area (TPSA) is 65.5 Å². The lowest BCUT2D eigenvalue weighted by Crippen LogP contribution is -2.34. The van der Waals surface area contributed by atoms with Crippen LogP contribution in [0.15, 0.2) is 12.1 Å². The number of nitrogens with one attached hydrogen (secondary N) is 1. The number of likely N-dealkylation sites (N-methyl/N-ethyl adjacent to an activating group) is 1. The van der Waals surface area contributed by atoms with Gasteiger partial charge in [-0.25, -0.2) is 9.78 Å². The van der Waals surface area contributed by atoms with Crippen molar-refractivity contribution in [3.8, 4) is 0 Å². The Morgan fingerprint density at radius 2 is 2.05 bits per heavy atom. The molecule has 118 valence electrons. The second-order valence-corrected chi connectivity index (χ2v) is 6.12. The van der Waals surface area contributed by atoms with Gasteiger partial charge in [0.15, 0.2) is 0 Å². The minimum Gasteiger partial charge on any atom is -0.478 e. The normalized spacial score (nSPS) is 12.7. The van der Waals surface area contributed by atoms with Crippen LogP contribution in [0, 0.1) is 5.92 Å². The van der Waals surface area contributed by atoms with Crippen molar-refractivity contribution in [2.75, 3.05) is 26.0 Å². The standard InChI is InChI=1S/C16H27N3O2/c1-6-13-8-12(16(20)21)9-15(17-13)18-14(7-11(2)3)10-19(4)5/h8-9,11,14H,6-7,10H2,1-5H3,(H,17,18)(H,20,21). The van der Waals surface area contributed by atoms with Crippen LogP contribution in [-0.2, 0) is 6.42 Å². The molecule has 0 bridgehead atoms. The van der Waals surface area contributed by atoms with Crippen LogP contribution in [0.4, 0.5) is 5.82 Å². The average molecular weight is 293 g/mol. The number of aryl methyl sites for hydroxylation is 1. The maximum absolute atomic E-state index is 11.2. The molecule has 0 saturated heterocycles. The van der Waals surface area contributed by atoms with Gasteiger partial charge in [0.1, 0.15) is 5.82 Å². The molecule has 1 atom stereocenters. The van der Waals surface area contributed by atoms with Crippen molar-refractivity contribution < 1.29 is 9.90 Å². The highest BCUT2D eigenvalue weighted by molar-refractivity contribution is 5.88. The van der Waals surface area contributed by atoms with Crippen molar-refractivity contribution in [2.24, 2.45) is 5.92 Å². The maximum atomic E-state index is 11.2. The number of pyridine rings is 1. The molecule has 0 fully saturated rings. The van der Waals surface area contributed by atoms with Crippen LogP contribution in [0.3, 0.4) is 0 Å². The second-order valence-electron chi connectivity index (χ2n) is 6.12. The molecule has 0 aromatic carbocycles. The minimum absolute atomic E-state index is 0.251. The van der Waals surface area contributed by atoms with E-state index in [1.807, 2.05) is 21.0 Å². The van der Waals surface area contributed by atoms with Gasteiger partial charge in [0.2, 0.25) is 0 Å². The Hall–Kier alpha value is -1.62. The molecule has 0 aliphatic carbocycles. The first-order valence-electron chi connectivity index (χ1n) is 7.47. The van der Waals surface area contributed by atoms with Crippen LogP contribution < -0.4 is 5.32 Å². The largest absolute Gasteiger partial charge is 0.478 e. The first-order chi connectivity index (χ1) is 9.81. The minimum atomic E-state index is -0.914. The molecule has 1 unspecified atom stereocenters. The number of hydrogen-bond donors (Lipinski definition) is 2.